The lowest BCUT2D eigenvalue weighted by Gasteiger charge is -2.20. The van der Waals surface area contributed by atoms with Gasteiger partial charge < -0.3 is 19.2 Å². The average Bonchev–Trinajstić information content (AvgIpc) is 2.99. The van der Waals surface area contributed by atoms with Crippen molar-refractivity contribution in [3.63, 3.8) is 0 Å². The van der Waals surface area contributed by atoms with Gasteiger partial charge in [0.1, 0.15) is 13.2 Å². The van der Waals surface area contributed by atoms with Crippen LogP contribution in [0.15, 0.2) is 34.9 Å². The highest BCUT2D eigenvalue weighted by Crippen LogP contribution is 2.32. The van der Waals surface area contributed by atoms with E-state index in [0.717, 1.165) is 22.6 Å². The second kappa shape index (κ2) is 5.28. The van der Waals surface area contributed by atoms with E-state index in [0.29, 0.717) is 25.5 Å². The van der Waals surface area contributed by atoms with Gasteiger partial charge >= 0.3 is 0 Å². The Morgan fingerprint density at radius 2 is 2.00 bits per heavy atom. The van der Waals surface area contributed by atoms with Crippen molar-refractivity contribution in [2.24, 2.45) is 0 Å². The first-order valence-corrected chi connectivity index (χ1v) is 6.45. The van der Waals surface area contributed by atoms with Gasteiger partial charge in [0.05, 0.1) is 6.26 Å². The summed E-state index contributed by atoms with van der Waals surface area (Å²) in [5.41, 5.74) is 2.04. The van der Waals surface area contributed by atoms with Crippen LogP contribution in [0.2, 0.25) is 0 Å². The van der Waals surface area contributed by atoms with Crippen LogP contribution in [0.3, 0.4) is 0 Å². The topological polar surface area (TPSA) is 60.7 Å². The van der Waals surface area contributed by atoms with Gasteiger partial charge in [0.25, 0.3) is 5.91 Å². The molecular formula is C15H15NO4. The lowest BCUT2D eigenvalue weighted by atomic mass is 10.1. The Labute approximate surface area is 116 Å². The maximum atomic E-state index is 11.8. The van der Waals surface area contributed by atoms with Gasteiger partial charge in [-0.05, 0) is 42.3 Å². The van der Waals surface area contributed by atoms with Crippen molar-refractivity contribution in [3.05, 3.63) is 47.4 Å². The van der Waals surface area contributed by atoms with Gasteiger partial charge in [0.2, 0.25) is 0 Å². The van der Waals surface area contributed by atoms with E-state index in [4.69, 9.17) is 13.9 Å². The molecule has 1 aromatic carbocycles. The number of hydrogen-bond donors (Lipinski definition) is 1. The van der Waals surface area contributed by atoms with Crippen molar-refractivity contribution in [1.29, 1.82) is 0 Å². The van der Waals surface area contributed by atoms with Crippen molar-refractivity contribution < 1.29 is 18.7 Å². The average molecular weight is 273 g/mol. The predicted molar refractivity (Wildman–Crippen MR) is 72.0 cm³/mol. The molecule has 0 saturated heterocycles. The third-order valence-electron chi connectivity index (χ3n) is 3.19. The van der Waals surface area contributed by atoms with Gasteiger partial charge in [-0.25, -0.2) is 0 Å². The number of hydrogen-bond acceptors (Lipinski definition) is 4. The number of furan rings is 1. The van der Waals surface area contributed by atoms with Crippen molar-refractivity contribution in [2.75, 3.05) is 13.2 Å². The number of fused-ring (bicyclic) bond motifs is 1. The minimum Gasteiger partial charge on any atom is -0.486 e. The quantitative estimate of drug-likeness (QED) is 0.932. The summed E-state index contributed by atoms with van der Waals surface area (Å²) in [6.45, 7) is 3.52. The Morgan fingerprint density at radius 1 is 1.25 bits per heavy atom. The van der Waals surface area contributed by atoms with E-state index < -0.39 is 0 Å². The van der Waals surface area contributed by atoms with Crippen LogP contribution in [0.4, 0.5) is 0 Å². The molecule has 1 N–H and O–H groups in total. The first kappa shape index (κ1) is 12.6. The van der Waals surface area contributed by atoms with Crippen LogP contribution in [0.5, 0.6) is 11.5 Å². The SMILES string of the molecule is Cc1cc2c(cc1CNC(=O)c1ccco1)OCCO2. The molecule has 0 aliphatic carbocycles. The van der Waals surface area contributed by atoms with Crippen LogP contribution in [-0.2, 0) is 6.54 Å². The van der Waals surface area contributed by atoms with E-state index in [1.54, 1.807) is 12.1 Å². The molecule has 104 valence electrons. The molecule has 0 atom stereocenters. The van der Waals surface area contributed by atoms with E-state index >= 15 is 0 Å². The molecule has 0 saturated carbocycles. The number of benzene rings is 1. The van der Waals surface area contributed by atoms with Gasteiger partial charge in [0, 0.05) is 6.54 Å². The lowest BCUT2D eigenvalue weighted by molar-refractivity contribution is 0.0923. The summed E-state index contributed by atoms with van der Waals surface area (Å²) in [5.74, 6) is 1.56. The fraction of sp³-hybridized carbons (Fsp3) is 0.267. The number of aryl methyl sites for hydroxylation is 1. The van der Waals surface area contributed by atoms with Crippen LogP contribution in [0, 0.1) is 6.92 Å². The van der Waals surface area contributed by atoms with Gasteiger partial charge in [-0.1, -0.05) is 0 Å². The normalized spacial score (nSPS) is 13.1. The lowest BCUT2D eigenvalue weighted by Crippen LogP contribution is -2.23. The maximum absolute atomic E-state index is 11.8. The largest absolute Gasteiger partial charge is 0.486 e. The van der Waals surface area contributed by atoms with Crippen molar-refractivity contribution >= 4 is 5.91 Å². The van der Waals surface area contributed by atoms with E-state index in [-0.39, 0.29) is 5.91 Å². The summed E-state index contributed by atoms with van der Waals surface area (Å²) in [6, 6.07) is 7.16. The van der Waals surface area contributed by atoms with Crippen molar-refractivity contribution in [3.8, 4) is 11.5 Å². The van der Waals surface area contributed by atoms with E-state index in [1.165, 1.54) is 6.26 Å². The number of carbonyl (C=O) groups is 1. The molecule has 0 spiro atoms. The molecule has 0 unspecified atom stereocenters. The summed E-state index contributed by atoms with van der Waals surface area (Å²) in [4.78, 5) is 11.8. The summed E-state index contributed by atoms with van der Waals surface area (Å²) < 4.78 is 16.1. The minimum absolute atomic E-state index is 0.232. The van der Waals surface area contributed by atoms with Gasteiger partial charge in [-0.2, -0.15) is 0 Å². The highest BCUT2D eigenvalue weighted by Gasteiger charge is 2.15. The van der Waals surface area contributed by atoms with Crippen LogP contribution in [0.25, 0.3) is 0 Å². The summed E-state index contributed by atoms with van der Waals surface area (Å²) in [6.07, 6.45) is 1.48. The molecule has 1 aromatic heterocycles. The molecular weight excluding hydrogens is 258 g/mol. The maximum Gasteiger partial charge on any atom is 0.287 e. The van der Waals surface area contributed by atoms with E-state index in [9.17, 15) is 4.79 Å². The summed E-state index contributed by atoms with van der Waals surface area (Å²) in [5, 5.41) is 2.82. The van der Waals surface area contributed by atoms with Crippen LogP contribution < -0.4 is 14.8 Å². The van der Waals surface area contributed by atoms with Gasteiger partial charge in [-0.3, -0.25) is 4.79 Å². The molecule has 2 aromatic rings. The zero-order valence-electron chi connectivity index (χ0n) is 11.1. The molecule has 0 bridgehead atoms. The molecule has 3 rings (SSSR count). The molecule has 1 amide bonds. The first-order valence-electron chi connectivity index (χ1n) is 6.45. The van der Waals surface area contributed by atoms with E-state index in [1.807, 2.05) is 19.1 Å². The zero-order chi connectivity index (χ0) is 13.9. The monoisotopic (exact) mass is 273 g/mol. The van der Waals surface area contributed by atoms with Crippen LogP contribution in [0.1, 0.15) is 21.7 Å². The standard InChI is InChI=1S/C15H15NO4/c1-10-7-13-14(20-6-5-19-13)8-11(10)9-16-15(17)12-3-2-4-18-12/h2-4,7-8H,5-6,9H2,1H3,(H,16,17). The Hall–Kier alpha value is -2.43. The van der Waals surface area contributed by atoms with Crippen molar-refractivity contribution in [1.82, 2.24) is 5.32 Å². The smallest absolute Gasteiger partial charge is 0.287 e. The Bertz CT molecular complexity index is 619. The fourth-order valence-electron chi connectivity index (χ4n) is 2.09. The Kier molecular flexibility index (Phi) is 3.33. The Balaban J connectivity index is 1.73. The van der Waals surface area contributed by atoms with Gasteiger partial charge in [-0.15, -0.1) is 0 Å². The van der Waals surface area contributed by atoms with Crippen LogP contribution in [-0.4, -0.2) is 19.1 Å². The zero-order valence-corrected chi connectivity index (χ0v) is 11.1. The first-order chi connectivity index (χ1) is 9.74. The van der Waals surface area contributed by atoms with Gasteiger partial charge in [0.15, 0.2) is 17.3 Å². The molecule has 1 aliphatic rings. The Morgan fingerprint density at radius 3 is 2.70 bits per heavy atom. The summed E-state index contributed by atoms with van der Waals surface area (Å²) >= 11 is 0. The molecule has 2 heterocycles. The number of rotatable bonds is 3. The van der Waals surface area contributed by atoms with Crippen molar-refractivity contribution in [2.45, 2.75) is 13.5 Å². The predicted octanol–water partition coefficient (Wildman–Crippen LogP) is 2.29. The number of nitrogens with one attached hydrogen (secondary N) is 1. The van der Waals surface area contributed by atoms with Crippen LogP contribution >= 0.6 is 0 Å². The minimum atomic E-state index is -0.232. The highest BCUT2D eigenvalue weighted by atomic mass is 16.6. The fourth-order valence-corrected chi connectivity index (χ4v) is 2.09. The second-order valence-electron chi connectivity index (χ2n) is 4.58. The molecule has 20 heavy (non-hydrogen) atoms. The third kappa shape index (κ3) is 2.47. The third-order valence-corrected chi connectivity index (χ3v) is 3.19. The summed E-state index contributed by atoms with van der Waals surface area (Å²) in [7, 11) is 0. The number of ether oxygens (including phenoxy) is 2. The second-order valence-corrected chi connectivity index (χ2v) is 4.58. The highest BCUT2D eigenvalue weighted by molar-refractivity contribution is 5.91. The molecule has 0 fully saturated rings. The number of amides is 1. The molecule has 5 nitrogen and oxygen atoms in total. The number of carbonyl (C=O) groups excluding carboxylic acids is 1. The molecule has 1 aliphatic heterocycles. The van der Waals surface area contributed by atoms with E-state index in [2.05, 4.69) is 5.32 Å². The molecule has 0 radical (unpaired) electrons. The molecule has 5 heteroatoms.